The molecule has 0 radical (unpaired) electrons. The second-order valence-electron chi connectivity index (χ2n) is 3.48. The van der Waals surface area contributed by atoms with Gasteiger partial charge in [-0.15, -0.1) is 0 Å². The first-order valence-corrected chi connectivity index (χ1v) is 5.00. The smallest absolute Gasteiger partial charge is 0.237 e. The molecule has 0 aliphatic heterocycles. The molecule has 1 heterocycles. The maximum atomic E-state index is 10.9. The second-order valence-corrected chi connectivity index (χ2v) is 3.48. The van der Waals surface area contributed by atoms with Crippen LogP contribution >= 0.6 is 0 Å². The van der Waals surface area contributed by atoms with Crippen LogP contribution in [0.1, 0.15) is 5.56 Å². The van der Waals surface area contributed by atoms with Crippen LogP contribution in [0.5, 0.6) is 0 Å². The summed E-state index contributed by atoms with van der Waals surface area (Å²) >= 11 is 0. The highest BCUT2D eigenvalue weighted by atomic mass is 16.2. The van der Waals surface area contributed by atoms with E-state index >= 15 is 0 Å². The van der Waals surface area contributed by atoms with Gasteiger partial charge in [0.15, 0.2) is 0 Å². The summed E-state index contributed by atoms with van der Waals surface area (Å²) in [6.45, 7) is -0.0168. The van der Waals surface area contributed by atoms with Gasteiger partial charge >= 0.3 is 0 Å². The molecule has 17 heavy (non-hydrogen) atoms. The van der Waals surface area contributed by atoms with Gasteiger partial charge in [-0.3, -0.25) is 9.59 Å². The monoisotopic (exact) mass is 237 g/mol. The van der Waals surface area contributed by atoms with Crippen molar-refractivity contribution >= 4 is 17.6 Å². The number of nitrogens with zero attached hydrogens (tertiary/aromatic N) is 2. The summed E-state index contributed by atoms with van der Waals surface area (Å²) in [5, 5.41) is 0. The van der Waals surface area contributed by atoms with E-state index < -0.39 is 11.8 Å². The normalized spacial score (nSPS) is 9.94. The number of pyridine rings is 1. The van der Waals surface area contributed by atoms with Crippen LogP contribution < -0.4 is 22.1 Å². The molecule has 0 spiro atoms. The molecule has 0 aliphatic rings. The molecule has 1 rings (SSSR count). The first-order chi connectivity index (χ1) is 8.04. The van der Waals surface area contributed by atoms with Crippen LogP contribution in [0.2, 0.25) is 0 Å². The molecule has 2 amide bonds. The number of carbonyl (C=O) groups is 2. The fourth-order valence-corrected chi connectivity index (χ4v) is 1.46. The number of amides is 2. The van der Waals surface area contributed by atoms with E-state index in [1.54, 1.807) is 18.3 Å². The Hall–Kier alpha value is -2.15. The highest BCUT2D eigenvalue weighted by Gasteiger charge is 2.15. The summed E-state index contributed by atoms with van der Waals surface area (Å²) in [4.78, 5) is 27.4. The van der Waals surface area contributed by atoms with Gasteiger partial charge in [0.2, 0.25) is 11.8 Å². The minimum absolute atomic E-state index is 0.132. The minimum Gasteiger partial charge on any atom is -0.368 e. The van der Waals surface area contributed by atoms with E-state index in [-0.39, 0.29) is 19.6 Å². The fourth-order valence-electron chi connectivity index (χ4n) is 1.46. The van der Waals surface area contributed by atoms with Crippen LogP contribution in [0.15, 0.2) is 18.3 Å². The van der Waals surface area contributed by atoms with Gasteiger partial charge in [-0.1, -0.05) is 6.07 Å². The number of aromatic nitrogens is 1. The molecule has 0 aromatic carbocycles. The van der Waals surface area contributed by atoms with Gasteiger partial charge in [0, 0.05) is 18.3 Å². The van der Waals surface area contributed by atoms with Crippen molar-refractivity contribution in [2.45, 2.75) is 6.54 Å². The maximum Gasteiger partial charge on any atom is 0.237 e. The van der Waals surface area contributed by atoms with Crippen LogP contribution in [-0.4, -0.2) is 29.9 Å². The van der Waals surface area contributed by atoms with Crippen LogP contribution in [0.25, 0.3) is 0 Å². The lowest BCUT2D eigenvalue weighted by molar-refractivity contribution is -0.117. The van der Waals surface area contributed by atoms with Gasteiger partial charge in [-0.2, -0.15) is 0 Å². The summed E-state index contributed by atoms with van der Waals surface area (Å²) in [6, 6.07) is 3.48. The Morgan fingerprint density at radius 2 is 1.82 bits per heavy atom. The molecular formula is C10H15N5O2. The Bertz CT molecular complexity index is 405. The number of hydrogen-bond acceptors (Lipinski definition) is 5. The number of primary amides is 2. The van der Waals surface area contributed by atoms with Crippen molar-refractivity contribution in [2.24, 2.45) is 17.2 Å². The van der Waals surface area contributed by atoms with Crippen molar-refractivity contribution in [3.63, 3.8) is 0 Å². The molecule has 1 aromatic heterocycles. The molecule has 0 atom stereocenters. The predicted octanol–water partition coefficient (Wildman–Crippen LogP) is -1.68. The molecule has 7 heteroatoms. The summed E-state index contributed by atoms with van der Waals surface area (Å²) in [5.74, 6) is -0.688. The van der Waals surface area contributed by atoms with Crippen molar-refractivity contribution < 1.29 is 9.59 Å². The Morgan fingerprint density at radius 3 is 2.29 bits per heavy atom. The summed E-state index contributed by atoms with van der Waals surface area (Å²) in [7, 11) is 0. The fraction of sp³-hybridized carbons (Fsp3) is 0.300. The molecule has 0 fully saturated rings. The van der Waals surface area contributed by atoms with E-state index in [1.165, 1.54) is 4.90 Å². The molecule has 0 aliphatic carbocycles. The van der Waals surface area contributed by atoms with Gasteiger partial charge in [0.1, 0.15) is 5.82 Å². The SMILES string of the molecule is NCc1cccnc1N(CC(N)=O)CC(N)=O. The highest BCUT2D eigenvalue weighted by Crippen LogP contribution is 2.15. The van der Waals surface area contributed by atoms with Crippen LogP contribution in [0.4, 0.5) is 5.82 Å². The van der Waals surface area contributed by atoms with E-state index in [0.717, 1.165) is 5.56 Å². The van der Waals surface area contributed by atoms with Gasteiger partial charge in [0.05, 0.1) is 13.1 Å². The van der Waals surface area contributed by atoms with E-state index in [2.05, 4.69) is 4.98 Å². The predicted molar refractivity (Wildman–Crippen MR) is 62.7 cm³/mol. The number of carbonyl (C=O) groups excluding carboxylic acids is 2. The lowest BCUT2D eigenvalue weighted by atomic mass is 10.2. The Labute approximate surface area is 98.6 Å². The number of hydrogen-bond donors (Lipinski definition) is 3. The van der Waals surface area contributed by atoms with Gasteiger partial charge in [-0.05, 0) is 6.07 Å². The second kappa shape index (κ2) is 5.80. The third kappa shape index (κ3) is 3.72. The largest absolute Gasteiger partial charge is 0.368 e. The van der Waals surface area contributed by atoms with Crippen molar-refractivity contribution in [3.05, 3.63) is 23.9 Å². The van der Waals surface area contributed by atoms with E-state index in [0.29, 0.717) is 5.82 Å². The molecule has 1 aromatic rings. The highest BCUT2D eigenvalue weighted by molar-refractivity contribution is 5.84. The third-order valence-corrected chi connectivity index (χ3v) is 2.08. The summed E-state index contributed by atoms with van der Waals surface area (Å²) in [6.07, 6.45) is 1.55. The zero-order chi connectivity index (χ0) is 12.8. The summed E-state index contributed by atoms with van der Waals surface area (Å²) in [5.41, 5.74) is 16.5. The van der Waals surface area contributed by atoms with Crippen LogP contribution in [0, 0.1) is 0 Å². The first-order valence-electron chi connectivity index (χ1n) is 5.00. The number of rotatable bonds is 6. The van der Waals surface area contributed by atoms with Crippen molar-refractivity contribution in [2.75, 3.05) is 18.0 Å². The minimum atomic E-state index is -0.570. The van der Waals surface area contributed by atoms with Gasteiger partial charge < -0.3 is 22.1 Å². The van der Waals surface area contributed by atoms with Crippen LogP contribution in [-0.2, 0) is 16.1 Å². The van der Waals surface area contributed by atoms with Crippen molar-refractivity contribution in [1.82, 2.24) is 4.98 Å². The molecule has 0 saturated heterocycles. The zero-order valence-corrected chi connectivity index (χ0v) is 9.30. The maximum absolute atomic E-state index is 10.9. The molecule has 0 unspecified atom stereocenters. The van der Waals surface area contributed by atoms with Crippen LogP contribution in [0.3, 0.4) is 0 Å². The van der Waals surface area contributed by atoms with E-state index in [4.69, 9.17) is 17.2 Å². The molecule has 7 nitrogen and oxygen atoms in total. The van der Waals surface area contributed by atoms with E-state index in [1.807, 2.05) is 0 Å². The topological polar surface area (TPSA) is 128 Å². The quantitative estimate of drug-likeness (QED) is 0.544. The zero-order valence-electron chi connectivity index (χ0n) is 9.30. The lowest BCUT2D eigenvalue weighted by Gasteiger charge is -2.22. The number of anilines is 1. The molecule has 0 bridgehead atoms. The van der Waals surface area contributed by atoms with Crippen molar-refractivity contribution in [3.8, 4) is 0 Å². The summed E-state index contributed by atoms with van der Waals surface area (Å²) < 4.78 is 0. The Morgan fingerprint density at radius 1 is 1.24 bits per heavy atom. The molecular weight excluding hydrogens is 222 g/mol. The van der Waals surface area contributed by atoms with Gasteiger partial charge in [-0.25, -0.2) is 4.98 Å². The van der Waals surface area contributed by atoms with E-state index in [9.17, 15) is 9.59 Å². The number of nitrogens with two attached hydrogens (primary N) is 3. The Kier molecular flexibility index (Phi) is 4.41. The molecule has 6 N–H and O–H groups in total. The third-order valence-electron chi connectivity index (χ3n) is 2.08. The molecule has 92 valence electrons. The van der Waals surface area contributed by atoms with Gasteiger partial charge in [0.25, 0.3) is 0 Å². The first kappa shape index (κ1) is 12.9. The average Bonchev–Trinajstić information content (AvgIpc) is 2.27. The standard InChI is InChI=1S/C10H15N5O2/c11-4-7-2-1-3-14-10(7)15(5-8(12)16)6-9(13)17/h1-3H,4-6,11H2,(H2,12,16)(H2,13,17). The molecule has 0 saturated carbocycles. The van der Waals surface area contributed by atoms with Crippen molar-refractivity contribution in [1.29, 1.82) is 0 Å². The average molecular weight is 237 g/mol. The Balaban J connectivity index is 3.02. The lowest BCUT2D eigenvalue weighted by Crippen LogP contribution is -2.40.